The highest BCUT2D eigenvalue weighted by Gasteiger charge is 2.12. The summed E-state index contributed by atoms with van der Waals surface area (Å²) in [7, 11) is 1.58. The zero-order chi connectivity index (χ0) is 11.4. The van der Waals surface area contributed by atoms with Crippen LogP contribution in [0.5, 0.6) is 0 Å². The predicted octanol–water partition coefficient (Wildman–Crippen LogP) is 2.04. The lowest BCUT2D eigenvalue weighted by Gasteiger charge is -2.13. The van der Waals surface area contributed by atoms with Crippen LogP contribution in [0, 0.1) is 0 Å². The Bertz CT molecular complexity index is 372. The first kappa shape index (κ1) is 12.3. The van der Waals surface area contributed by atoms with Crippen molar-refractivity contribution in [1.82, 2.24) is 10.3 Å². The van der Waals surface area contributed by atoms with Crippen LogP contribution in [0.3, 0.4) is 0 Å². The van der Waals surface area contributed by atoms with Crippen molar-refractivity contribution in [3.63, 3.8) is 0 Å². The van der Waals surface area contributed by atoms with E-state index in [1.54, 1.807) is 26.2 Å². The van der Waals surface area contributed by atoms with Crippen molar-refractivity contribution < 1.29 is 4.79 Å². The Morgan fingerprint density at radius 2 is 2.33 bits per heavy atom. The summed E-state index contributed by atoms with van der Waals surface area (Å²) in [5.74, 6) is 0.381. The quantitative estimate of drug-likeness (QED) is 0.896. The highest BCUT2D eigenvalue weighted by Crippen LogP contribution is 2.23. The third-order valence-corrected chi connectivity index (χ3v) is 2.52. The standard InChI is InChI=1S/C9H11BrClN3O/c1-5(9(15)12-2)14-8-7(11)3-6(10)4-13-8/h3-5H,1-2H3,(H,12,15)(H,13,14). The summed E-state index contributed by atoms with van der Waals surface area (Å²) in [5, 5.41) is 5.92. The number of nitrogens with one attached hydrogen (secondary N) is 2. The average molecular weight is 293 g/mol. The number of hydrogen-bond donors (Lipinski definition) is 2. The number of hydrogen-bond acceptors (Lipinski definition) is 3. The topological polar surface area (TPSA) is 54.0 Å². The van der Waals surface area contributed by atoms with Gasteiger partial charge in [0.15, 0.2) is 0 Å². The average Bonchev–Trinajstić information content (AvgIpc) is 2.20. The van der Waals surface area contributed by atoms with Crippen LogP contribution in [0.15, 0.2) is 16.7 Å². The minimum atomic E-state index is -0.374. The Labute approximate surface area is 102 Å². The smallest absolute Gasteiger partial charge is 0.241 e. The van der Waals surface area contributed by atoms with Crippen molar-refractivity contribution >= 4 is 39.3 Å². The van der Waals surface area contributed by atoms with E-state index in [9.17, 15) is 4.79 Å². The van der Waals surface area contributed by atoms with E-state index in [0.717, 1.165) is 4.47 Å². The monoisotopic (exact) mass is 291 g/mol. The SMILES string of the molecule is CNC(=O)C(C)Nc1ncc(Br)cc1Cl. The Balaban J connectivity index is 2.76. The normalized spacial score (nSPS) is 12.0. The van der Waals surface area contributed by atoms with Gasteiger partial charge in [-0.25, -0.2) is 4.98 Å². The molecule has 15 heavy (non-hydrogen) atoms. The lowest BCUT2D eigenvalue weighted by molar-refractivity contribution is -0.121. The summed E-state index contributed by atoms with van der Waals surface area (Å²) < 4.78 is 0.797. The number of rotatable bonds is 3. The van der Waals surface area contributed by atoms with Crippen molar-refractivity contribution in [3.05, 3.63) is 21.8 Å². The van der Waals surface area contributed by atoms with Crippen LogP contribution in [-0.4, -0.2) is 24.0 Å². The highest BCUT2D eigenvalue weighted by atomic mass is 79.9. The van der Waals surface area contributed by atoms with E-state index in [1.165, 1.54) is 0 Å². The molecule has 0 radical (unpaired) electrons. The second kappa shape index (κ2) is 5.32. The van der Waals surface area contributed by atoms with Gasteiger partial charge >= 0.3 is 0 Å². The van der Waals surface area contributed by atoms with Gasteiger partial charge in [-0.15, -0.1) is 0 Å². The number of anilines is 1. The van der Waals surface area contributed by atoms with Crippen LogP contribution in [0.1, 0.15) is 6.92 Å². The molecule has 1 unspecified atom stereocenters. The maximum absolute atomic E-state index is 11.2. The molecule has 1 amide bonds. The largest absolute Gasteiger partial charge is 0.357 e. The lowest BCUT2D eigenvalue weighted by atomic mass is 10.3. The lowest BCUT2D eigenvalue weighted by Crippen LogP contribution is -2.35. The molecule has 0 saturated heterocycles. The van der Waals surface area contributed by atoms with Crippen molar-refractivity contribution in [1.29, 1.82) is 0 Å². The summed E-state index contributed by atoms with van der Waals surface area (Å²) in [6.45, 7) is 1.74. The second-order valence-electron chi connectivity index (χ2n) is 2.96. The number of pyridine rings is 1. The van der Waals surface area contributed by atoms with E-state index in [1.807, 2.05) is 0 Å². The van der Waals surface area contributed by atoms with Gasteiger partial charge in [0.2, 0.25) is 5.91 Å². The molecule has 2 N–H and O–H groups in total. The van der Waals surface area contributed by atoms with Gasteiger partial charge in [-0.2, -0.15) is 0 Å². The van der Waals surface area contributed by atoms with Gasteiger partial charge < -0.3 is 10.6 Å². The molecule has 0 saturated carbocycles. The Morgan fingerprint density at radius 3 is 2.87 bits per heavy atom. The number of carbonyl (C=O) groups is 1. The summed E-state index contributed by atoms with van der Waals surface area (Å²) in [4.78, 5) is 15.3. The van der Waals surface area contributed by atoms with E-state index in [0.29, 0.717) is 10.8 Å². The van der Waals surface area contributed by atoms with Crippen LogP contribution in [0.25, 0.3) is 0 Å². The van der Waals surface area contributed by atoms with E-state index in [-0.39, 0.29) is 11.9 Å². The molecule has 0 aliphatic heterocycles. The molecule has 1 aromatic heterocycles. The first-order valence-electron chi connectivity index (χ1n) is 4.33. The fourth-order valence-electron chi connectivity index (χ4n) is 1.01. The van der Waals surface area contributed by atoms with Gasteiger partial charge in [-0.3, -0.25) is 4.79 Å². The van der Waals surface area contributed by atoms with Gasteiger partial charge in [-0.1, -0.05) is 11.6 Å². The molecule has 0 aliphatic rings. The van der Waals surface area contributed by atoms with Gasteiger partial charge in [0, 0.05) is 17.7 Å². The predicted molar refractivity (Wildman–Crippen MR) is 64.1 cm³/mol. The fraction of sp³-hybridized carbons (Fsp3) is 0.333. The third-order valence-electron chi connectivity index (χ3n) is 1.80. The number of likely N-dealkylation sites (N-methyl/N-ethyl adjacent to an activating group) is 1. The number of carbonyl (C=O) groups excluding carboxylic acids is 1. The van der Waals surface area contributed by atoms with E-state index >= 15 is 0 Å². The third kappa shape index (κ3) is 3.35. The van der Waals surface area contributed by atoms with Gasteiger partial charge in [-0.05, 0) is 28.9 Å². The zero-order valence-electron chi connectivity index (χ0n) is 8.34. The summed E-state index contributed by atoms with van der Waals surface area (Å²) >= 11 is 9.19. The molecule has 6 heteroatoms. The molecule has 1 aromatic rings. The maximum Gasteiger partial charge on any atom is 0.241 e. The summed E-state index contributed by atoms with van der Waals surface area (Å²) in [6, 6.07) is 1.34. The van der Waals surface area contributed by atoms with Crippen LogP contribution >= 0.6 is 27.5 Å². The van der Waals surface area contributed by atoms with E-state index in [2.05, 4.69) is 31.5 Å². The molecule has 0 fully saturated rings. The second-order valence-corrected chi connectivity index (χ2v) is 4.29. The molecule has 4 nitrogen and oxygen atoms in total. The Kier molecular flexibility index (Phi) is 4.35. The van der Waals surface area contributed by atoms with E-state index < -0.39 is 0 Å². The van der Waals surface area contributed by atoms with Crippen LogP contribution in [-0.2, 0) is 4.79 Å². The number of aromatic nitrogens is 1. The molecule has 82 valence electrons. The number of nitrogens with zero attached hydrogens (tertiary/aromatic N) is 1. The fourth-order valence-corrected chi connectivity index (χ4v) is 1.69. The highest BCUT2D eigenvalue weighted by molar-refractivity contribution is 9.10. The summed E-state index contributed by atoms with van der Waals surface area (Å²) in [6.07, 6.45) is 1.62. The van der Waals surface area contributed by atoms with Gasteiger partial charge in [0.1, 0.15) is 11.9 Å². The van der Waals surface area contributed by atoms with Crippen LogP contribution < -0.4 is 10.6 Å². The minimum Gasteiger partial charge on any atom is -0.357 e. The maximum atomic E-state index is 11.2. The first-order chi connectivity index (χ1) is 7.04. The molecule has 0 bridgehead atoms. The van der Waals surface area contributed by atoms with Crippen LogP contribution in [0.2, 0.25) is 5.02 Å². The van der Waals surface area contributed by atoms with Gasteiger partial charge in [0.25, 0.3) is 0 Å². The first-order valence-corrected chi connectivity index (χ1v) is 5.51. The minimum absolute atomic E-state index is 0.115. The molecular formula is C9H11BrClN3O. The summed E-state index contributed by atoms with van der Waals surface area (Å²) in [5.41, 5.74) is 0. The molecular weight excluding hydrogens is 281 g/mol. The molecule has 1 heterocycles. The van der Waals surface area contributed by atoms with Crippen molar-refractivity contribution in [2.45, 2.75) is 13.0 Å². The van der Waals surface area contributed by atoms with Crippen molar-refractivity contribution in [3.8, 4) is 0 Å². The molecule has 1 rings (SSSR count). The van der Waals surface area contributed by atoms with E-state index in [4.69, 9.17) is 11.6 Å². The number of halogens is 2. The van der Waals surface area contributed by atoms with Crippen LogP contribution in [0.4, 0.5) is 5.82 Å². The Hall–Kier alpha value is -0.810. The number of amides is 1. The van der Waals surface area contributed by atoms with Crippen molar-refractivity contribution in [2.24, 2.45) is 0 Å². The zero-order valence-corrected chi connectivity index (χ0v) is 10.7. The van der Waals surface area contributed by atoms with Gasteiger partial charge in [0.05, 0.1) is 5.02 Å². The molecule has 0 aliphatic carbocycles. The Morgan fingerprint density at radius 1 is 1.67 bits per heavy atom. The molecule has 1 atom stereocenters. The van der Waals surface area contributed by atoms with Crippen molar-refractivity contribution in [2.75, 3.05) is 12.4 Å². The molecule has 0 aromatic carbocycles. The molecule has 0 spiro atoms.